The average Bonchev–Trinajstić information content (AvgIpc) is 2.79. The topological polar surface area (TPSA) is 88.2 Å². The van der Waals surface area contributed by atoms with Crippen molar-refractivity contribution in [3.63, 3.8) is 0 Å². The SMILES string of the molecule is Cc1[nH]n(-c2ccccc2)c(=O)c1C=NCCNCCN. The molecule has 1 aromatic heterocycles. The summed E-state index contributed by atoms with van der Waals surface area (Å²) in [4.78, 5) is 16.6. The third kappa shape index (κ3) is 3.90. The molecule has 112 valence electrons. The van der Waals surface area contributed by atoms with Gasteiger partial charge in [-0.05, 0) is 19.1 Å². The van der Waals surface area contributed by atoms with E-state index in [0.29, 0.717) is 18.7 Å². The lowest BCUT2D eigenvalue weighted by Crippen LogP contribution is -2.24. The molecular formula is C15H21N5O. The number of aromatic amines is 1. The number of benzene rings is 1. The van der Waals surface area contributed by atoms with Crippen LogP contribution in [0.1, 0.15) is 11.3 Å². The van der Waals surface area contributed by atoms with Crippen molar-refractivity contribution in [2.45, 2.75) is 6.92 Å². The number of aryl methyl sites for hydroxylation is 1. The first-order valence-electron chi connectivity index (χ1n) is 7.01. The number of rotatable bonds is 7. The van der Waals surface area contributed by atoms with Gasteiger partial charge in [0, 0.05) is 31.5 Å². The molecule has 6 heteroatoms. The molecule has 0 spiro atoms. The van der Waals surface area contributed by atoms with Gasteiger partial charge in [0.15, 0.2) is 0 Å². The highest BCUT2D eigenvalue weighted by Crippen LogP contribution is 2.05. The molecule has 0 aliphatic carbocycles. The van der Waals surface area contributed by atoms with E-state index in [1.165, 1.54) is 4.68 Å². The molecule has 0 fully saturated rings. The van der Waals surface area contributed by atoms with E-state index in [1.807, 2.05) is 37.3 Å². The second-order valence-corrected chi connectivity index (χ2v) is 4.70. The van der Waals surface area contributed by atoms with Gasteiger partial charge in [-0.25, -0.2) is 4.68 Å². The van der Waals surface area contributed by atoms with Crippen LogP contribution in [0.3, 0.4) is 0 Å². The fourth-order valence-corrected chi connectivity index (χ4v) is 2.00. The molecular weight excluding hydrogens is 266 g/mol. The Labute approximate surface area is 123 Å². The summed E-state index contributed by atoms with van der Waals surface area (Å²) in [5.41, 5.74) is 7.51. The number of nitrogens with zero attached hydrogens (tertiary/aromatic N) is 2. The Bertz CT molecular complexity index is 642. The second kappa shape index (κ2) is 7.56. The molecule has 0 unspecified atom stereocenters. The van der Waals surface area contributed by atoms with Crippen LogP contribution in [-0.4, -0.2) is 42.2 Å². The van der Waals surface area contributed by atoms with Crippen LogP contribution in [0, 0.1) is 6.92 Å². The number of nitrogens with two attached hydrogens (primary N) is 1. The van der Waals surface area contributed by atoms with Crippen molar-refractivity contribution in [1.82, 2.24) is 15.1 Å². The van der Waals surface area contributed by atoms with E-state index in [-0.39, 0.29) is 5.56 Å². The monoisotopic (exact) mass is 287 g/mol. The van der Waals surface area contributed by atoms with Gasteiger partial charge in [0.25, 0.3) is 5.56 Å². The Morgan fingerprint density at radius 2 is 2.10 bits per heavy atom. The van der Waals surface area contributed by atoms with Crippen LogP contribution in [0.5, 0.6) is 0 Å². The van der Waals surface area contributed by atoms with Crippen molar-refractivity contribution >= 4 is 6.21 Å². The summed E-state index contributed by atoms with van der Waals surface area (Å²) in [6.07, 6.45) is 1.64. The molecule has 0 saturated heterocycles. The first kappa shape index (κ1) is 15.2. The van der Waals surface area contributed by atoms with Crippen LogP contribution in [0.2, 0.25) is 0 Å². The molecule has 1 heterocycles. The van der Waals surface area contributed by atoms with E-state index in [1.54, 1.807) is 6.21 Å². The van der Waals surface area contributed by atoms with Gasteiger partial charge >= 0.3 is 0 Å². The van der Waals surface area contributed by atoms with E-state index in [4.69, 9.17) is 5.73 Å². The fourth-order valence-electron chi connectivity index (χ4n) is 2.00. The van der Waals surface area contributed by atoms with E-state index in [2.05, 4.69) is 15.4 Å². The van der Waals surface area contributed by atoms with Crippen LogP contribution >= 0.6 is 0 Å². The zero-order valence-corrected chi connectivity index (χ0v) is 12.2. The summed E-state index contributed by atoms with van der Waals surface area (Å²) >= 11 is 0. The Kier molecular flexibility index (Phi) is 5.48. The Morgan fingerprint density at radius 3 is 2.81 bits per heavy atom. The van der Waals surface area contributed by atoms with Crippen LogP contribution in [0.4, 0.5) is 0 Å². The van der Waals surface area contributed by atoms with Crippen LogP contribution in [0.15, 0.2) is 40.1 Å². The minimum Gasteiger partial charge on any atom is -0.329 e. The number of para-hydroxylation sites is 1. The molecule has 1 aromatic carbocycles. The third-order valence-electron chi connectivity index (χ3n) is 3.09. The summed E-state index contributed by atoms with van der Waals surface area (Å²) in [7, 11) is 0. The molecule has 2 rings (SSSR count). The predicted molar refractivity (Wildman–Crippen MR) is 85.5 cm³/mol. The zero-order valence-electron chi connectivity index (χ0n) is 12.2. The Balaban J connectivity index is 2.10. The van der Waals surface area contributed by atoms with Gasteiger partial charge in [-0.2, -0.15) is 0 Å². The summed E-state index contributed by atoms with van der Waals surface area (Å²) < 4.78 is 1.53. The van der Waals surface area contributed by atoms with Crippen molar-refractivity contribution in [3.8, 4) is 5.69 Å². The molecule has 0 aliphatic rings. The first-order valence-corrected chi connectivity index (χ1v) is 7.01. The minimum atomic E-state index is -0.0858. The number of aromatic nitrogens is 2. The molecule has 21 heavy (non-hydrogen) atoms. The summed E-state index contributed by atoms with van der Waals surface area (Å²) in [6.45, 7) is 4.64. The number of hydrogen-bond acceptors (Lipinski definition) is 4. The van der Waals surface area contributed by atoms with Gasteiger partial charge in [0.05, 0.1) is 17.8 Å². The zero-order chi connectivity index (χ0) is 15.1. The molecule has 2 aromatic rings. The Hall–Kier alpha value is -2.18. The van der Waals surface area contributed by atoms with Gasteiger partial charge in [-0.3, -0.25) is 14.9 Å². The number of H-pyrrole nitrogens is 1. The molecule has 0 aliphatic heterocycles. The van der Waals surface area contributed by atoms with E-state index >= 15 is 0 Å². The molecule has 0 amide bonds. The molecule has 0 bridgehead atoms. The lowest BCUT2D eigenvalue weighted by molar-refractivity contribution is 0.697. The lowest BCUT2D eigenvalue weighted by atomic mass is 10.3. The van der Waals surface area contributed by atoms with Crippen molar-refractivity contribution in [2.75, 3.05) is 26.2 Å². The highest BCUT2D eigenvalue weighted by Gasteiger charge is 2.09. The number of hydrogen-bond donors (Lipinski definition) is 3. The normalized spacial score (nSPS) is 11.3. The molecule has 4 N–H and O–H groups in total. The van der Waals surface area contributed by atoms with E-state index < -0.39 is 0 Å². The van der Waals surface area contributed by atoms with Crippen molar-refractivity contribution in [1.29, 1.82) is 0 Å². The minimum absolute atomic E-state index is 0.0858. The van der Waals surface area contributed by atoms with Gasteiger partial charge in [-0.15, -0.1) is 0 Å². The van der Waals surface area contributed by atoms with E-state index in [0.717, 1.165) is 24.5 Å². The highest BCUT2D eigenvalue weighted by molar-refractivity contribution is 5.80. The summed E-state index contributed by atoms with van der Waals surface area (Å²) in [5.74, 6) is 0. The van der Waals surface area contributed by atoms with Crippen molar-refractivity contribution < 1.29 is 0 Å². The fraction of sp³-hybridized carbons (Fsp3) is 0.333. The largest absolute Gasteiger partial charge is 0.329 e. The quantitative estimate of drug-likeness (QED) is 0.510. The maximum absolute atomic E-state index is 12.4. The molecule has 0 atom stereocenters. The smallest absolute Gasteiger partial charge is 0.280 e. The Morgan fingerprint density at radius 1 is 1.33 bits per heavy atom. The summed E-state index contributed by atoms with van der Waals surface area (Å²) in [6, 6.07) is 9.48. The number of aliphatic imine (C=N–C) groups is 1. The first-order chi connectivity index (χ1) is 10.2. The predicted octanol–water partition coefficient (Wildman–Crippen LogP) is 0.441. The molecule has 0 radical (unpaired) electrons. The maximum Gasteiger partial charge on any atom is 0.280 e. The molecule has 6 nitrogen and oxygen atoms in total. The van der Waals surface area contributed by atoms with Gasteiger partial charge in [0.2, 0.25) is 0 Å². The second-order valence-electron chi connectivity index (χ2n) is 4.70. The highest BCUT2D eigenvalue weighted by atomic mass is 16.1. The third-order valence-corrected chi connectivity index (χ3v) is 3.09. The van der Waals surface area contributed by atoms with Crippen LogP contribution < -0.4 is 16.6 Å². The van der Waals surface area contributed by atoms with Crippen LogP contribution in [0.25, 0.3) is 5.69 Å². The van der Waals surface area contributed by atoms with Gasteiger partial charge < -0.3 is 11.1 Å². The van der Waals surface area contributed by atoms with Crippen molar-refractivity contribution in [2.24, 2.45) is 10.7 Å². The number of nitrogens with one attached hydrogen (secondary N) is 2. The molecule has 0 saturated carbocycles. The standard InChI is InChI=1S/C15H21N5O/c1-12-14(11-18-10-9-17-8-7-16)15(21)20(19-12)13-5-3-2-4-6-13/h2-6,11,17,19H,7-10,16H2,1H3. The van der Waals surface area contributed by atoms with Crippen LogP contribution in [-0.2, 0) is 0 Å². The maximum atomic E-state index is 12.4. The van der Waals surface area contributed by atoms with Gasteiger partial charge in [-0.1, -0.05) is 18.2 Å². The van der Waals surface area contributed by atoms with Crippen molar-refractivity contribution in [3.05, 3.63) is 51.9 Å². The lowest BCUT2D eigenvalue weighted by Gasteiger charge is -1.99. The average molecular weight is 287 g/mol. The summed E-state index contributed by atoms with van der Waals surface area (Å²) in [5, 5.41) is 6.22. The van der Waals surface area contributed by atoms with E-state index in [9.17, 15) is 4.79 Å². The van der Waals surface area contributed by atoms with Gasteiger partial charge in [0.1, 0.15) is 0 Å².